The van der Waals surface area contributed by atoms with E-state index in [1.54, 1.807) is 6.07 Å². The van der Waals surface area contributed by atoms with Crippen LogP contribution >= 0.6 is 11.6 Å². The summed E-state index contributed by atoms with van der Waals surface area (Å²) in [6.07, 6.45) is -3.36. The third-order valence-corrected chi connectivity index (χ3v) is 7.14. The van der Waals surface area contributed by atoms with E-state index in [9.17, 15) is 26.0 Å². The van der Waals surface area contributed by atoms with Crippen molar-refractivity contribution < 1.29 is 40.6 Å². The highest BCUT2D eigenvalue weighted by molar-refractivity contribution is 7.92. The van der Waals surface area contributed by atoms with Gasteiger partial charge in [0.15, 0.2) is 0 Å². The maximum absolute atomic E-state index is 13.2. The smallest absolute Gasteiger partial charge is 0.489 e. The third kappa shape index (κ3) is 9.37. The number of anilines is 1. The van der Waals surface area contributed by atoms with Crippen LogP contribution in [0.3, 0.4) is 0 Å². The van der Waals surface area contributed by atoms with Gasteiger partial charge < -0.3 is 9.84 Å². The van der Waals surface area contributed by atoms with Gasteiger partial charge in [-0.1, -0.05) is 48.0 Å². The molecule has 210 valence electrons. The number of carboxylic acids is 1. The zero-order chi connectivity index (χ0) is 28.6. The van der Waals surface area contributed by atoms with Crippen molar-refractivity contribution in [2.24, 2.45) is 0 Å². The largest absolute Gasteiger partial charge is 0.490 e. The second kappa shape index (κ2) is 13.1. The van der Waals surface area contributed by atoms with Gasteiger partial charge in [0.1, 0.15) is 17.7 Å². The molecule has 0 atom stereocenters. The zero-order valence-corrected chi connectivity index (χ0v) is 21.8. The molecule has 0 aliphatic carbocycles. The highest BCUT2D eigenvalue weighted by Crippen LogP contribution is 2.30. The quantitative estimate of drug-likeness (QED) is 0.282. The first kappa shape index (κ1) is 30.1. The van der Waals surface area contributed by atoms with Crippen LogP contribution in [0.2, 0.25) is 5.02 Å². The molecule has 1 fully saturated rings. The second-order valence-corrected chi connectivity index (χ2v) is 10.5. The van der Waals surface area contributed by atoms with E-state index in [0.29, 0.717) is 5.75 Å². The Labute approximate surface area is 227 Å². The average Bonchev–Trinajstić information content (AvgIpc) is 2.86. The first-order valence-corrected chi connectivity index (χ1v) is 13.4. The molecule has 4 rings (SSSR count). The standard InChI is InChI=1S/C23H23ClFN3O3S.C2HF3O2/c24-20-15-19(32(29,30)27-23-8-4-7-22(25)26-23)9-10-21(20)31-18-11-13-28(14-12-18)16-17-5-2-1-3-6-17;3-2(4,5)1(6)7/h1-10,15,18H,11-14,16H2,(H,26,27);(H,6,7). The van der Waals surface area contributed by atoms with Gasteiger partial charge >= 0.3 is 12.1 Å². The number of hydrogen-bond donors (Lipinski definition) is 2. The van der Waals surface area contributed by atoms with E-state index in [1.807, 2.05) is 18.2 Å². The lowest BCUT2D eigenvalue weighted by Crippen LogP contribution is -2.37. The molecule has 0 unspecified atom stereocenters. The molecule has 3 aromatic rings. The van der Waals surface area contributed by atoms with E-state index in [0.717, 1.165) is 38.5 Å². The number of nitrogens with zero attached hydrogens (tertiary/aromatic N) is 2. The molecule has 1 aliphatic heterocycles. The molecular formula is C25H24ClF4N3O5S. The maximum atomic E-state index is 13.2. The number of rotatable bonds is 7. The van der Waals surface area contributed by atoms with Gasteiger partial charge in [0.05, 0.1) is 9.92 Å². The number of hydrogen-bond acceptors (Lipinski definition) is 6. The van der Waals surface area contributed by atoms with Crippen LogP contribution in [0, 0.1) is 5.95 Å². The van der Waals surface area contributed by atoms with Gasteiger partial charge in [0.25, 0.3) is 10.0 Å². The SMILES string of the molecule is O=C(O)C(F)(F)F.O=S(=O)(Nc1cccc(F)n1)c1ccc(OC2CCN(Cc3ccccc3)CC2)c(Cl)c1. The van der Waals surface area contributed by atoms with Crippen molar-refractivity contribution in [1.82, 2.24) is 9.88 Å². The molecule has 2 aromatic carbocycles. The van der Waals surface area contributed by atoms with Crippen molar-refractivity contribution in [2.75, 3.05) is 17.8 Å². The number of carbonyl (C=O) groups is 1. The molecule has 14 heteroatoms. The summed E-state index contributed by atoms with van der Waals surface area (Å²) in [5.74, 6) is -3.20. The van der Waals surface area contributed by atoms with Gasteiger partial charge in [-0.05, 0) is 48.7 Å². The monoisotopic (exact) mass is 589 g/mol. The molecular weight excluding hydrogens is 566 g/mol. The molecule has 2 N–H and O–H groups in total. The van der Waals surface area contributed by atoms with Gasteiger partial charge in [0, 0.05) is 19.6 Å². The fourth-order valence-electron chi connectivity index (χ4n) is 3.61. The number of ether oxygens (including phenoxy) is 1. The fourth-order valence-corrected chi connectivity index (χ4v) is 4.93. The molecule has 2 heterocycles. The lowest BCUT2D eigenvalue weighted by Gasteiger charge is -2.32. The number of aliphatic carboxylic acids is 1. The van der Waals surface area contributed by atoms with Gasteiger partial charge in [-0.15, -0.1) is 0 Å². The minimum Gasteiger partial charge on any atom is -0.489 e. The summed E-state index contributed by atoms with van der Waals surface area (Å²) in [5.41, 5.74) is 1.29. The summed E-state index contributed by atoms with van der Waals surface area (Å²) in [6, 6.07) is 18.5. The number of sulfonamides is 1. The predicted octanol–water partition coefficient (Wildman–Crippen LogP) is 5.35. The average molecular weight is 590 g/mol. The van der Waals surface area contributed by atoms with Crippen molar-refractivity contribution in [3.63, 3.8) is 0 Å². The Morgan fingerprint density at radius 3 is 2.28 bits per heavy atom. The molecule has 0 saturated carbocycles. The zero-order valence-electron chi connectivity index (χ0n) is 20.2. The number of alkyl halides is 3. The maximum Gasteiger partial charge on any atom is 0.490 e. The van der Waals surface area contributed by atoms with E-state index in [1.165, 1.54) is 29.8 Å². The third-order valence-electron chi connectivity index (χ3n) is 5.49. The van der Waals surface area contributed by atoms with Crippen molar-refractivity contribution in [2.45, 2.75) is 36.6 Å². The van der Waals surface area contributed by atoms with Gasteiger partial charge in [-0.3, -0.25) is 9.62 Å². The first-order valence-electron chi connectivity index (χ1n) is 11.5. The highest BCUT2D eigenvalue weighted by atomic mass is 35.5. The van der Waals surface area contributed by atoms with E-state index in [2.05, 4.69) is 26.7 Å². The van der Waals surface area contributed by atoms with E-state index >= 15 is 0 Å². The number of benzene rings is 2. The molecule has 8 nitrogen and oxygen atoms in total. The highest BCUT2D eigenvalue weighted by Gasteiger charge is 2.38. The number of pyridine rings is 1. The minimum atomic E-state index is -5.08. The Balaban J connectivity index is 0.000000532. The van der Waals surface area contributed by atoms with Crippen molar-refractivity contribution in [3.8, 4) is 5.75 Å². The molecule has 0 amide bonds. The van der Waals surface area contributed by atoms with Gasteiger partial charge in [-0.2, -0.15) is 17.6 Å². The van der Waals surface area contributed by atoms with Crippen LogP contribution in [0.4, 0.5) is 23.4 Å². The number of piperidine rings is 1. The van der Waals surface area contributed by atoms with Gasteiger partial charge in [-0.25, -0.2) is 18.2 Å². The summed E-state index contributed by atoms with van der Waals surface area (Å²) < 4.78 is 78.4. The summed E-state index contributed by atoms with van der Waals surface area (Å²) >= 11 is 6.32. The summed E-state index contributed by atoms with van der Waals surface area (Å²) in [4.78, 5) is 14.7. The molecule has 0 spiro atoms. The number of nitrogens with one attached hydrogen (secondary N) is 1. The van der Waals surface area contributed by atoms with Crippen molar-refractivity contribution in [3.05, 3.63) is 83.3 Å². The molecule has 39 heavy (non-hydrogen) atoms. The van der Waals surface area contributed by atoms with E-state index < -0.39 is 28.1 Å². The normalized spacial score (nSPS) is 14.7. The van der Waals surface area contributed by atoms with Crippen LogP contribution in [0.5, 0.6) is 5.75 Å². The van der Waals surface area contributed by atoms with Crippen molar-refractivity contribution >= 4 is 33.4 Å². The predicted molar refractivity (Wildman–Crippen MR) is 136 cm³/mol. The summed E-state index contributed by atoms with van der Waals surface area (Å²) in [7, 11) is -3.97. The van der Waals surface area contributed by atoms with Crippen LogP contribution in [0.25, 0.3) is 0 Å². The number of halogens is 5. The Morgan fingerprint density at radius 2 is 1.72 bits per heavy atom. The van der Waals surface area contributed by atoms with E-state index in [4.69, 9.17) is 26.2 Å². The Kier molecular flexibility index (Phi) is 10.1. The van der Waals surface area contributed by atoms with Crippen molar-refractivity contribution in [1.29, 1.82) is 0 Å². The Morgan fingerprint density at radius 1 is 1.08 bits per heavy atom. The summed E-state index contributed by atoms with van der Waals surface area (Å²) in [6.45, 7) is 2.73. The molecule has 1 aromatic heterocycles. The second-order valence-electron chi connectivity index (χ2n) is 8.43. The number of likely N-dealkylation sites (tertiary alicyclic amines) is 1. The summed E-state index contributed by atoms with van der Waals surface area (Å²) in [5, 5.41) is 7.33. The Hall–Kier alpha value is -3.42. The molecule has 1 saturated heterocycles. The lowest BCUT2D eigenvalue weighted by molar-refractivity contribution is -0.192. The Bertz CT molecular complexity index is 1370. The number of aromatic nitrogens is 1. The van der Waals surface area contributed by atoms with Crippen LogP contribution in [0.1, 0.15) is 18.4 Å². The topological polar surface area (TPSA) is 109 Å². The van der Waals surface area contributed by atoms with Gasteiger partial charge in [0.2, 0.25) is 5.95 Å². The lowest BCUT2D eigenvalue weighted by atomic mass is 10.1. The molecule has 0 radical (unpaired) electrons. The van der Waals surface area contributed by atoms with Crippen LogP contribution in [-0.2, 0) is 21.4 Å². The van der Waals surface area contributed by atoms with Crippen LogP contribution in [-0.4, -0.2) is 54.7 Å². The molecule has 1 aliphatic rings. The molecule has 0 bridgehead atoms. The fraction of sp³-hybridized carbons (Fsp3) is 0.280. The van der Waals surface area contributed by atoms with Crippen LogP contribution in [0.15, 0.2) is 71.6 Å². The van der Waals surface area contributed by atoms with Crippen LogP contribution < -0.4 is 9.46 Å². The van der Waals surface area contributed by atoms with E-state index in [-0.39, 0.29) is 21.8 Å². The minimum absolute atomic E-state index is 0.0107. The first-order chi connectivity index (χ1) is 18.3. The number of carboxylic acid groups (broad SMARTS) is 1.